The molecule has 0 heterocycles. The molecular weight excluding hydrogens is 430 g/mol. The van der Waals surface area contributed by atoms with Gasteiger partial charge in [0.25, 0.3) is 0 Å². The Bertz CT molecular complexity index is 1120. The van der Waals surface area contributed by atoms with E-state index < -0.39 is 12.2 Å². The van der Waals surface area contributed by atoms with Gasteiger partial charge in [0.05, 0.1) is 0 Å². The summed E-state index contributed by atoms with van der Waals surface area (Å²) < 4.78 is 10.6. The Balaban J connectivity index is 1.79. The van der Waals surface area contributed by atoms with E-state index in [1.807, 2.05) is 97.9 Å². The molecule has 0 unspecified atom stereocenters. The van der Waals surface area contributed by atoms with Crippen LogP contribution in [0.15, 0.2) is 108 Å². The smallest absolute Gasteiger partial charge is 0.437 e. The summed E-state index contributed by atoms with van der Waals surface area (Å²) in [5, 5.41) is 2.59. The highest BCUT2D eigenvalue weighted by Gasteiger charge is 2.20. The number of para-hydroxylation sites is 1. The number of carbonyl (C=O) groups is 2. The third-order valence-corrected chi connectivity index (χ3v) is 4.58. The van der Waals surface area contributed by atoms with Gasteiger partial charge in [-0.2, -0.15) is 0 Å². The number of carbonyl (C=O) groups excluding carboxylic acids is 2. The fourth-order valence-corrected chi connectivity index (χ4v) is 3.01. The van der Waals surface area contributed by atoms with E-state index in [1.165, 1.54) is 0 Å². The van der Waals surface area contributed by atoms with E-state index in [1.54, 1.807) is 4.90 Å². The minimum absolute atomic E-state index is 0.0228. The summed E-state index contributed by atoms with van der Waals surface area (Å²) in [4.78, 5) is 30.9. The number of guanidine groups is 1. The number of benzene rings is 3. The number of hydrogen-bond donors (Lipinski definition) is 1. The van der Waals surface area contributed by atoms with E-state index in [4.69, 9.17) is 9.47 Å². The third-order valence-electron chi connectivity index (χ3n) is 4.58. The van der Waals surface area contributed by atoms with E-state index in [2.05, 4.69) is 16.9 Å². The molecule has 0 saturated heterocycles. The number of ether oxygens (including phenoxy) is 2. The number of nitrogens with one attached hydrogen (secondary N) is 1. The van der Waals surface area contributed by atoms with Crippen molar-refractivity contribution < 1.29 is 19.1 Å². The van der Waals surface area contributed by atoms with Crippen molar-refractivity contribution in [2.45, 2.75) is 20.1 Å². The Hall–Kier alpha value is -4.39. The van der Waals surface area contributed by atoms with Gasteiger partial charge in [0.15, 0.2) is 0 Å². The number of amides is 2. The van der Waals surface area contributed by atoms with Crippen molar-refractivity contribution in [1.29, 1.82) is 0 Å². The van der Waals surface area contributed by atoms with Crippen LogP contribution in [0.4, 0.5) is 15.3 Å². The van der Waals surface area contributed by atoms with E-state index in [9.17, 15) is 9.59 Å². The van der Waals surface area contributed by atoms with Gasteiger partial charge in [0, 0.05) is 12.2 Å². The molecule has 0 bridgehead atoms. The average molecular weight is 458 g/mol. The molecule has 3 aromatic carbocycles. The molecule has 174 valence electrons. The zero-order valence-electron chi connectivity index (χ0n) is 19.0. The lowest BCUT2D eigenvalue weighted by Gasteiger charge is -2.26. The minimum Gasteiger partial charge on any atom is -0.444 e. The molecule has 3 aromatic rings. The van der Waals surface area contributed by atoms with Gasteiger partial charge >= 0.3 is 12.2 Å². The largest absolute Gasteiger partial charge is 0.444 e. The second-order valence-electron chi connectivity index (χ2n) is 7.54. The number of alkyl carbamates (subject to hydrolysis) is 1. The maximum Gasteiger partial charge on any atom is 0.437 e. The molecule has 2 amide bonds. The van der Waals surface area contributed by atoms with E-state index in [0.29, 0.717) is 12.2 Å². The van der Waals surface area contributed by atoms with Crippen LogP contribution in [0.3, 0.4) is 0 Å². The predicted molar refractivity (Wildman–Crippen MR) is 132 cm³/mol. The standard InChI is InChI=1S/C27H27N3O4/c1-21(2)18-30(24-16-10-5-11-17-24)25(28-26(31)33-19-22-12-6-3-7-13-22)29-27(32)34-20-23-14-8-4-9-15-23/h3-17H,1,18-20H2,2H3,(H,28,29,31,32). The normalized spacial score (nSPS) is 10.8. The number of rotatable bonds is 7. The van der Waals surface area contributed by atoms with Crippen molar-refractivity contribution in [2.75, 3.05) is 11.4 Å². The Labute approximate surface area is 199 Å². The lowest BCUT2D eigenvalue weighted by atomic mass is 10.2. The molecule has 0 atom stereocenters. The fourth-order valence-electron chi connectivity index (χ4n) is 3.01. The maximum atomic E-state index is 12.6. The maximum absolute atomic E-state index is 12.6. The third kappa shape index (κ3) is 7.94. The average Bonchev–Trinajstić information content (AvgIpc) is 2.86. The molecule has 1 N–H and O–H groups in total. The van der Waals surface area contributed by atoms with Gasteiger partial charge in [-0.3, -0.25) is 5.32 Å². The Morgan fingerprint density at radius 1 is 0.824 bits per heavy atom. The molecule has 0 aliphatic carbocycles. The first-order valence-electron chi connectivity index (χ1n) is 10.8. The SMILES string of the molecule is C=C(C)CN(/C(=N\C(=O)OCc1ccccc1)NC(=O)OCc1ccccc1)c1ccccc1. The zero-order valence-corrected chi connectivity index (χ0v) is 19.0. The highest BCUT2D eigenvalue weighted by molar-refractivity contribution is 6.07. The van der Waals surface area contributed by atoms with Crippen LogP contribution in [-0.4, -0.2) is 24.7 Å². The van der Waals surface area contributed by atoms with E-state index >= 15 is 0 Å². The molecule has 7 nitrogen and oxygen atoms in total. The summed E-state index contributed by atoms with van der Waals surface area (Å²) in [7, 11) is 0. The summed E-state index contributed by atoms with van der Waals surface area (Å²) in [6.07, 6.45) is -1.59. The Morgan fingerprint density at radius 2 is 1.32 bits per heavy atom. The van der Waals surface area contributed by atoms with Crippen molar-refractivity contribution >= 4 is 23.8 Å². The zero-order chi connectivity index (χ0) is 24.2. The van der Waals surface area contributed by atoms with Crippen molar-refractivity contribution in [2.24, 2.45) is 4.99 Å². The molecule has 7 heteroatoms. The Kier molecular flexibility index (Phi) is 8.99. The fraction of sp³-hybridized carbons (Fsp3) is 0.148. The van der Waals surface area contributed by atoms with Crippen LogP contribution in [0, 0.1) is 0 Å². The molecule has 0 fully saturated rings. The minimum atomic E-state index is -0.843. The highest BCUT2D eigenvalue weighted by Crippen LogP contribution is 2.16. The molecule has 0 radical (unpaired) electrons. The Morgan fingerprint density at radius 3 is 1.85 bits per heavy atom. The van der Waals surface area contributed by atoms with Crippen molar-refractivity contribution in [1.82, 2.24) is 5.32 Å². The van der Waals surface area contributed by atoms with Crippen molar-refractivity contribution in [3.63, 3.8) is 0 Å². The first-order valence-corrected chi connectivity index (χ1v) is 10.8. The van der Waals surface area contributed by atoms with Crippen LogP contribution >= 0.6 is 0 Å². The summed E-state index contributed by atoms with van der Waals surface area (Å²) in [5.74, 6) is -0.0228. The van der Waals surface area contributed by atoms with Gasteiger partial charge < -0.3 is 14.4 Å². The molecule has 0 aliphatic rings. The van der Waals surface area contributed by atoms with Crippen LogP contribution in [0.2, 0.25) is 0 Å². The van der Waals surface area contributed by atoms with E-state index in [-0.39, 0.29) is 19.2 Å². The topological polar surface area (TPSA) is 80.2 Å². The molecule has 0 saturated carbocycles. The van der Waals surface area contributed by atoms with Crippen LogP contribution in [0.25, 0.3) is 0 Å². The molecule has 0 aliphatic heterocycles. The van der Waals surface area contributed by atoms with Gasteiger partial charge in [-0.1, -0.05) is 91.0 Å². The van der Waals surface area contributed by atoms with Crippen LogP contribution in [0.5, 0.6) is 0 Å². The van der Waals surface area contributed by atoms with Crippen molar-refractivity contribution in [3.05, 3.63) is 114 Å². The van der Waals surface area contributed by atoms with Gasteiger partial charge in [-0.15, -0.1) is 4.99 Å². The van der Waals surface area contributed by atoms with E-state index in [0.717, 1.165) is 16.7 Å². The molecule has 0 aromatic heterocycles. The van der Waals surface area contributed by atoms with Gasteiger partial charge in [-0.05, 0) is 30.2 Å². The summed E-state index contributed by atoms with van der Waals surface area (Å²) >= 11 is 0. The number of aliphatic imine (C=N–C) groups is 1. The van der Waals surface area contributed by atoms with Gasteiger partial charge in [0.1, 0.15) is 13.2 Å². The first-order chi connectivity index (χ1) is 16.5. The summed E-state index contributed by atoms with van der Waals surface area (Å²) in [6.45, 7) is 6.24. The van der Waals surface area contributed by atoms with Crippen LogP contribution in [-0.2, 0) is 22.7 Å². The summed E-state index contributed by atoms with van der Waals surface area (Å²) in [6, 6.07) is 27.8. The molecule has 34 heavy (non-hydrogen) atoms. The van der Waals surface area contributed by atoms with Crippen LogP contribution < -0.4 is 10.2 Å². The first kappa shape index (κ1) is 24.3. The highest BCUT2D eigenvalue weighted by atomic mass is 16.6. The van der Waals surface area contributed by atoms with Gasteiger partial charge in [-0.25, -0.2) is 9.59 Å². The molecule has 0 spiro atoms. The predicted octanol–water partition coefficient (Wildman–Crippen LogP) is 5.69. The lowest BCUT2D eigenvalue weighted by Crippen LogP contribution is -2.45. The molecule has 3 rings (SSSR count). The lowest BCUT2D eigenvalue weighted by molar-refractivity contribution is 0.144. The summed E-state index contributed by atoms with van der Waals surface area (Å²) in [5.41, 5.74) is 3.17. The second kappa shape index (κ2) is 12.6. The number of hydrogen-bond acceptors (Lipinski definition) is 4. The number of nitrogens with zero attached hydrogens (tertiary/aromatic N) is 2. The molecular formula is C27H27N3O4. The monoisotopic (exact) mass is 457 g/mol. The number of anilines is 1. The quantitative estimate of drug-likeness (QED) is 0.280. The van der Waals surface area contributed by atoms with Crippen LogP contribution in [0.1, 0.15) is 18.1 Å². The van der Waals surface area contributed by atoms with Gasteiger partial charge in [0.2, 0.25) is 5.96 Å². The van der Waals surface area contributed by atoms with Crippen molar-refractivity contribution in [3.8, 4) is 0 Å². The second-order valence-corrected chi connectivity index (χ2v) is 7.54.